The Morgan fingerprint density at radius 3 is 1.17 bits per heavy atom. The summed E-state index contributed by atoms with van der Waals surface area (Å²) in [5.74, 6) is 0.645. The van der Waals surface area contributed by atoms with Crippen LogP contribution in [-0.2, 0) is 4.74 Å². The van der Waals surface area contributed by atoms with Crippen molar-refractivity contribution < 1.29 is 29.0 Å². The predicted molar refractivity (Wildman–Crippen MR) is 475 cm³/mol. The Kier molecular flexibility index (Phi) is 32.6. The number of carbonyl (C=O) groups excluding carboxylic acids is 3. The maximum absolute atomic E-state index is 12.5. The van der Waals surface area contributed by atoms with Gasteiger partial charge in [-0.05, 0) is 89.4 Å². The van der Waals surface area contributed by atoms with Crippen LogP contribution >= 0.6 is 34.0 Å². The van der Waals surface area contributed by atoms with E-state index in [4.69, 9.17) is 5.11 Å². The fourth-order valence-corrected chi connectivity index (χ4v) is 18.6. The van der Waals surface area contributed by atoms with Crippen LogP contribution in [0.25, 0.3) is 10.9 Å². The number of methoxy groups -OCH3 is 1. The minimum absolute atomic E-state index is 0.0769. The minimum atomic E-state index is -0.958. The Balaban J connectivity index is 0.000000124. The number of carbonyl (C=O) groups is 4. The van der Waals surface area contributed by atoms with E-state index in [1.165, 1.54) is 134 Å². The van der Waals surface area contributed by atoms with Gasteiger partial charge in [-0.3, -0.25) is 39.0 Å². The van der Waals surface area contributed by atoms with E-state index >= 15 is 0 Å². The summed E-state index contributed by atoms with van der Waals surface area (Å²) in [6.07, 6.45) is 12.4. The second-order valence-corrected chi connectivity index (χ2v) is 34.1. The molecule has 7 aromatic carbocycles. The van der Waals surface area contributed by atoms with Gasteiger partial charge in [-0.15, -0.1) is 34.0 Å². The highest BCUT2D eigenvalue weighted by Crippen LogP contribution is 2.37. The number of H-pyrrole nitrogens is 1. The summed E-state index contributed by atoms with van der Waals surface area (Å²) in [6.45, 7) is 25.5. The van der Waals surface area contributed by atoms with Gasteiger partial charge in [-0.25, -0.2) is 24.5 Å². The number of rotatable bonds is 17. The van der Waals surface area contributed by atoms with Crippen molar-refractivity contribution in [3.8, 4) is 0 Å². The minimum Gasteiger partial charge on any atom is -0.476 e. The first kappa shape index (κ1) is 86.3. The summed E-state index contributed by atoms with van der Waals surface area (Å²) in [5, 5.41) is 26.0. The van der Waals surface area contributed by atoms with Crippen molar-refractivity contribution in [2.75, 3.05) is 145 Å². The van der Waals surface area contributed by atoms with E-state index in [0.29, 0.717) is 45.8 Å². The fourth-order valence-electron chi connectivity index (χ4n) is 16.9. The molecule has 118 heavy (non-hydrogen) atoms. The highest BCUT2D eigenvalue weighted by atomic mass is 32.1. The lowest BCUT2D eigenvalue weighted by molar-refractivity contribution is -0.00734. The standard InChI is InChI=1S/C24H26N4OS.C20H25N3.C17H19N.C11H16N4OS.C10H9NO2.C8H17N.C4H3NO2S/c29-24(23-25-11-16-30-23)27-14-12-26(13-15-27)21-17-28(18-21)22(19-7-3-1-4-8-19)20-9-5-2-6-10-20;1-3-7-17(8-4-1)20(18-9-5-2-6-10-18)23-15-19(16-23)22-13-11-21-12-14-22;1-14-12-18(13-14)17(15-8-4-2-5-9-15)16-10-6-3-7-11-16;16-11(10-13-1-6-17-10)15-4-2-14(3-5-15)9-7-12-8-9;1-13-10(12)8-2-3-9-7(6-8)4-5-11-9;1-7-5-3-4-6-8(7)9-2;6-4(7)3-5-1-2-8-3/h1-11,16,21-22H,12-15,17-18H2;1-10,19-21H,11-16H2;2-11,14,17H,12-13H2,1H3;1,6,9,12H,2-5,7-8H2;2-6,11H,1H3;7-9H,3-6H2,1-2H3;1-2H,(H,6,7)/t;;;;;7-,8-;/m.....0./s1. The first-order chi connectivity index (χ1) is 57.9. The highest BCUT2D eigenvalue weighted by Gasteiger charge is 2.41. The van der Waals surface area contributed by atoms with Gasteiger partial charge in [0.25, 0.3) is 11.8 Å². The van der Waals surface area contributed by atoms with E-state index in [2.05, 4.69) is 273 Å². The Hall–Kier alpha value is -9.51. The number of benzene rings is 7. The zero-order valence-corrected chi connectivity index (χ0v) is 70.9. The molecule has 7 saturated heterocycles. The number of ether oxygens (including phenoxy) is 1. The number of hydrogen-bond acceptors (Lipinski definition) is 20. The Morgan fingerprint density at radius 2 is 0.839 bits per heavy atom. The number of amides is 2. The number of aromatic amines is 1. The molecule has 1 aliphatic carbocycles. The number of hydrogen-bond donors (Lipinski definition) is 5. The van der Waals surface area contributed by atoms with Crippen molar-refractivity contribution in [1.29, 1.82) is 0 Å². The first-order valence-corrected chi connectivity index (χ1v) is 44.5. The van der Waals surface area contributed by atoms with Gasteiger partial charge in [0.1, 0.15) is 0 Å². The monoisotopic (exact) mass is 1650 g/mol. The van der Waals surface area contributed by atoms with Gasteiger partial charge < -0.3 is 40.6 Å². The average molecular weight is 1650 g/mol. The molecule has 8 aliphatic rings. The molecule has 7 aliphatic heterocycles. The first-order valence-electron chi connectivity index (χ1n) is 41.8. The van der Waals surface area contributed by atoms with E-state index in [-0.39, 0.29) is 22.8 Å². The predicted octanol–water partition coefficient (Wildman–Crippen LogP) is 13.9. The number of nitrogens with zero attached hydrogens (tertiary/aromatic N) is 11. The van der Waals surface area contributed by atoms with Crippen molar-refractivity contribution in [2.45, 2.75) is 81.8 Å². The van der Waals surface area contributed by atoms with E-state index in [1.807, 2.05) is 38.9 Å². The van der Waals surface area contributed by atoms with Crippen LogP contribution < -0.4 is 16.0 Å². The van der Waals surface area contributed by atoms with Gasteiger partial charge in [0.15, 0.2) is 10.0 Å². The smallest absolute Gasteiger partial charge is 0.364 e. The molecule has 2 amide bonds. The number of fused-ring (bicyclic) bond motifs is 1. The summed E-state index contributed by atoms with van der Waals surface area (Å²) in [5.41, 5.74) is 9.89. The molecule has 11 heterocycles. The zero-order valence-electron chi connectivity index (χ0n) is 68.5. The number of esters is 1. The molecule has 1 saturated carbocycles. The third kappa shape index (κ3) is 23.7. The number of carboxylic acids is 1. The van der Waals surface area contributed by atoms with Crippen LogP contribution in [0.1, 0.15) is 131 Å². The highest BCUT2D eigenvalue weighted by molar-refractivity contribution is 7.12. The molecular weight excluding hydrogens is 1530 g/mol. The topological polar surface area (TPSA) is 214 Å². The largest absolute Gasteiger partial charge is 0.476 e. The third-order valence-corrected chi connectivity index (χ3v) is 25.9. The second kappa shape index (κ2) is 44.5. The third-order valence-electron chi connectivity index (χ3n) is 23.6. The normalized spacial score (nSPS) is 19.0. The van der Waals surface area contributed by atoms with Crippen molar-refractivity contribution in [3.63, 3.8) is 0 Å². The number of aromatic carboxylic acids is 1. The van der Waals surface area contributed by atoms with Crippen molar-refractivity contribution in [2.24, 2.45) is 11.8 Å². The van der Waals surface area contributed by atoms with Crippen LogP contribution in [0, 0.1) is 11.8 Å². The van der Waals surface area contributed by atoms with Crippen LogP contribution in [0.3, 0.4) is 0 Å². The summed E-state index contributed by atoms with van der Waals surface area (Å²) in [7, 11) is 3.45. The maximum atomic E-state index is 12.5. The summed E-state index contributed by atoms with van der Waals surface area (Å²) < 4.78 is 4.61. The molecule has 2 atom stereocenters. The van der Waals surface area contributed by atoms with Gasteiger partial charge in [-0.1, -0.05) is 209 Å². The molecule has 0 spiro atoms. The quantitative estimate of drug-likeness (QED) is 0.0536. The van der Waals surface area contributed by atoms with Crippen molar-refractivity contribution >= 4 is 68.7 Å². The number of aromatic nitrogens is 4. The van der Waals surface area contributed by atoms with E-state index in [0.717, 1.165) is 138 Å². The number of likely N-dealkylation sites (tertiary alicyclic amines) is 3. The van der Waals surface area contributed by atoms with Gasteiger partial charge in [0.05, 0.1) is 30.8 Å². The molecule has 0 bridgehead atoms. The maximum Gasteiger partial charge on any atom is 0.364 e. The van der Waals surface area contributed by atoms with E-state index in [1.54, 1.807) is 29.9 Å². The lowest BCUT2D eigenvalue weighted by atomic mass is 9.86. The summed E-state index contributed by atoms with van der Waals surface area (Å²) >= 11 is 3.97. The molecule has 620 valence electrons. The molecule has 4 aromatic heterocycles. The van der Waals surface area contributed by atoms with Gasteiger partial charge in [-0.2, -0.15) is 0 Å². The molecule has 0 radical (unpaired) electrons. The molecule has 24 heteroatoms. The summed E-state index contributed by atoms with van der Waals surface area (Å²) in [4.78, 5) is 79.9. The van der Waals surface area contributed by atoms with E-state index < -0.39 is 5.97 Å². The Morgan fingerprint density at radius 1 is 0.458 bits per heavy atom. The van der Waals surface area contributed by atoms with Crippen LogP contribution in [0.5, 0.6) is 0 Å². The fraction of sp³-hybridized carbons (Fsp3) is 0.394. The van der Waals surface area contributed by atoms with Crippen LogP contribution in [0.15, 0.2) is 247 Å². The molecule has 11 aromatic rings. The molecule has 19 rings (SSSR count). The van der Waals surface area contributed by atoms with Gasteiger partial charge in [0, 0.05) is 207 Å². The number of piperazine rings is 3. The molecule has 5 N–H and O–H groups in total. The lowest BCUT2D eigenvalue weighted by Crippen LogP contribution is -2.63. The molecule has 0 unspecified atom stereocenters. The van der Waals surface area contributed by atoms with Crippen molar-refractivity contribution in [1.82, 2.24) is 75.1 Å². The SMILES string of the molecule is CC1CN(C(c2ccccc2)c2ccccc2)C1.CN[C@H]1CCCC[C@@H]1C.COC(=O)c1ccc2[nH]ccc2c1.O=C(O)c1nccs1.O=C(c1nccs1)N1CCN(C2CN(C(c3ccccc3)c3ccccc3)C2)CC1.O=C(c1nccs1)N1CCN(C2CNC2)CC1.c1ccc(C(c2ccccc2)N2CC(N3CCNCC3)C2)cc1. The number of nitrogens with one attached hydrogen (secondary N) is 4. The molecular formula is C94H115N15O6S3. The zero-order chi connectivity index (χ0) is 81.8. The number of carboxylic acid groups (broad SMARTS) is 1. The Labute approximate surface area is 708 Å². The molecule has 8 fully saturated rings. The van der Waals surface area contributed by atoms with Gasteiger partial charge >= 0.3 is 11.9 Å². The van der Waals surface area contributed by atoms with Crippen molar-refractivity contribution in [3.05, 3.63) is 301 Å². The van der Waals surface area contributed by atoms with Crippen LogP contribution in [0.2, 0.25) is 0 Å². The summed E-state index contributed by atoms with van der Waals surface area (Å²) in [6, 6.07) is 76.3. The second-order valence-electron chi connectivity index (χ2n) is 31.4. The van der Waals surface area contributed by atoms with Crippen LogP contribution in [0.4, 0.5) is 0 Å². The average Bonchev–Trinajstić information content (AvgIpc) is 1.04. The van der Waals surface area contributed by atoms with Crippen LogP contribution in [-0.4, -0.2) is 257 Å². The molecule has 21 nitrogen and oxygen atoms in total. The number of thiazole rings is 3. The van der Waals surface area contributed by atoms with E-state index in [9.17, 15) is 19.2 Å². The lowest BCUT2D eigenvalue weighted by Gasteiger charge is -2.51. The van der Waals surface area contributed by atoms with Gasteiger partial charge in [0.2, 0.25) is 5.01 Å². The Bertz CT molecular complexity index is 4590.